The van der Waals surface area contributed by atoms with Crippen LogP contribution in [0.2, 0.25) is 0 Å². The van der Waals surface area contributed by atoms with Crippen LogP contribution in [0.4, 0.5) is 0 Å². The van der Waals surface area contributed by atoms with Gasteiger partial charge in [0.1, 0.15) is 22.1 Å². The Morgan fingerprint density at radius 1 is 1.06 bits per heavy atom. The molecule has 2 aromatic heterocycles. The minimum atomic E-state index is -0.438. The van der Waals surface area contributed by atoms with Crippen molar-refractivity contribution in [3.63, 3.8) is 0 Å². The first-order chi connectivity index (χ1) is 15.5. The number of aromatic nitrogens is 2. The van der Waals surface area contributed by atoms with Crippen molar-refractivity contribution >= 4 is 27.5 Å². The van der Waals surface area contributed by atoms with E-state index in [-0.39, 0.29) is 12.2 Å². The first kappa shape index (κ1) is 21.8. The first-order valence-corrected chi connectivity index (χ1v) is 11.2. The Kier molecular flexibility index (Phi) is 6.66. The van der Waals surface area contributed by atoms with E-state index in [9.17, 15) is 9.59 Å². The number of hydrogen-bond donors (Lipinski definition) is 0. The van der Waals surface area contributed by atoms with Crippen LogP contribution in [0.5, 0.6) is 5.75 Å². The second-order valence-electron chi connectivity index (χ2n) is 7.56. The average Bonchev–Trinajstić information content (AvgIpc) is 3.15. The molecule has 0 fully saturated rings. The largest absolute Gasteiger partial charge is 0.494 e. The van der Waals surface area contributed by atoms with Crippen molar-refractivity contribution in [3.05, 3.63) is 92.8 Å². The Labute approximate surface area is 190 Å². The number of nitrogens with zero attached hydrogens (tertiary/aromatic N) is 2. The standard InChI is InChI=1S/C25H24N2O4S/c1-17-9-11-20(12-10-17)30-14-6-13-27-16-26-23-21(24(27)28)18(2)22(32-23)25(29)31-15-19-7-4-3-5-8-19/h3-5,7-12,16H,6,13-15H2,1-2H3. The zero-order chi connectivity index (χ0) is 22.5. The van der Waals surface area contributed by atoms with E-state index in [2.05, 4.69) is 4.98 Å². The van der Waals surface area contributed by atoms with E-state index in [1.165, 1.54) is 23.2 Å². The zero-order valence-corrected chi connectivity index (χ0v) is 18.9. The van der Waals surface area contributed by atoms with E-state index in [1.54, 1.807) is 11.5 Å². The summed E-state index contributed by atoms with van der Waals surface area (Å²) in [5, 5.41) is 0.476. The van der Waals surface area contributed by atoms with Gasteiger partial charge in [-0.25, -0.2) is 9.78 Å². The molecule has 0 N–H and O–H groups in total. The molecule has 2 heterocycles. The normalized spacial score (nSPS) is 10.9. The van der Waals surface area contributed by atoms with E-state index in [0.717, 1.165) is 11.3 Å². The number of carbonyl (C=O) groups excluding carboxylic acids is 1. The van der Waals surface area contributed by atoms with E-state index in [0.29, 0.717) is 40.2 Å². The summed E-state index contributed by atoms with van der Waals surface area (Å²) in [7, 11) is 0. The quantitative estimate of drug-likeness (QED) is 0.283. The summed E-state index contributed by atoms with van der Waals surface area (Å²) in [5.74, 6) is 0.371. The summed E-state index contributed by atoms with van der Waals surface area (Å²) in [6, 6.07) is 17.4. The molecule has 0 radical (unpaired) electrons. The van der Waals surface area contributed by atoms with Gasteiger partial charge in [-0.15, -0.1) is 11.3 Å². The topological polar surface area (TPSA) is 70.4 Å². The number of esters is 1. The third kappa shape index (κ3) is 4.89. The van der Waals surface area contributed by atoms with Crippen LogP contribution in [0, 0.1) is 13.8 Å². The number of carbonyl (C=O) groups is 1. The Hall–Kier alpha value is -3.45. The van der Waals surface area contributed by atoms with Gasteiger partial charge in [0.2, 0.25) is 0 Å². The van der Waals surface area contributed by atoms with Crippen molar-refractivity contribution in [1.29, 1.82) is 0 Å². The van der Waals surface area contributed by atoms with Crippen molar-refractivity contribution in [2.24, 2.45) is 0 Å². The molecule has 0 spiro atoms. The van der Waals surface area contributed by atoms with E-state index in [4.69, 9.17) is 9.47 Å². The lowest BCUT2D eigenvalue weighted by Crippen LogP contribution is -2.21. The monoisotopic (exact) mass is 448 g/mol. The van der Waals surface area contributed by atoms with Gasteiger partial charge in [0.25, 0.3) is 5.56 Å². The van der Waals surface area contributed by atoms with E-state index in [1.807, 2.05) is 61.5 Å². The van der Waals surface area contributed by atoms with Crippen LogP contribution in [-0.2, 0) is 17.9 Å². The van der Waals surface area contributed by atoms with Gasteiger partial charge in [0.15, 0.2) is 0 Å². The number of benzene rings is 2. The highest BCUT2D eigenvalue weighted by molar-refractivity contribution is 7.20. The Morgan fingerprint density at radius 3 is 2.56 bits per heavy atom. The molecule has 0 aliphatic rings. The van der Waals surface area contributed by atoms with Crippen LogP contribution in [0.3, 0.4) is 0 Å². The van der Waals surface area contributed by atoms with Crippen molar-refractivity contribution in [1.82, 2.24) is 9.55 Å². The maximum atomic E-state index is 13.0. The maximum absolute atomic E-state index is 13.0. The predicted octanol–water partition coefficient (Wildman–Crippen LogP) is 4.90. The number of hydrogen-bond acceptors (Lipinski definition) is 6. The zero-order valence-electron chi connectivity index (χ0n) is 18.0. The summed E-state index contributed by atoms with van der Waals surface area (Å²) in [5.41, 5.74) is 2.55. The van der Waals surface area contributed by atoms with E-state index >= 15 is 0 Å². The van der Waals surface area contributed by atoms with Crippen LogP contribution < -0.4 is 10.3 Å². The molecule has 2 aromatic carbocycles. The lowest BCUT2D eigenvalue weighted by Gasteiger charge is -2.08. The smallest absolute Gasteiger partial charge is 0.349 e. The molecule has 0 bridgehead atoms. The number of aryl methyl sites for hydroxylation is 3. The molecule has 0 unspecified atom stereocenters. The van der Waals surface area contributed by atoms with Gasteiger partial charge in [-0.05, 0) is 43.5 Å². The Balaban J connectivity index is 1.42. The third-order valence-corrected chi connectivity index (χ3v) is 6.33. The molecule has 0 atom stereocenters. The van der Waals surface area contributed by atoms with Gasteiger partial charge in [0, 0.05) is 6.54 Å². The van der Waals surface area contributed by atoms with Gasteiger partial charge < -0.3 is 9.47 Å². The summed E-state index contributed by atoms with van der Waals surface area (Å²) in [6.07, 6.45) is 2.20. The summed E-state index contributed by atoms with van der Waals surface area (Å²) < 4.78 is 12.7. The Morgan fingerprint density at radius 2 is 1.81 bits per heavy atom. The molecule has 0 saturated carbocycles. The lowest BCUT2D eigenvalue weighted by molar-refractivity contribution is 0.0478. The molecule has 32 heavy (non-hydrogen) atoms. The fourth-order valence-electron chi connectivity index (χ4n) is 3.36. The molecule has 0 aliphatic heterocycles. The molecule has 4 rings (SSSR count). The van der Waals surface area contributed by atoms with Gasteiger partial charge in [-0.2, -0.15) is 0 Å². The molecule has 6 nitrogen and oxygen atoms in total. The Bertz CT molecular complexity index is 1280. The third-order valence-electron chi connectivity index (χ3n) is 5.15. The highest BCUT2D eigenvalue weighted by Gasteiger charge is 2.20. The first-order valence-electron chi connectivity index (χ1n) is 10.4. The SMILES string of the molecule is Cc1ccc(OCCCn2cnc3sc(C(=O)OCc4ccccc4)c(C)c3c2=O)cc1. The van der Waals surface area contributed by atoms with Crippen LogP contribution in [0.15, 0.2) is 65.7 Å². The highest BCUT2D eigenvalue weighted by atomic mass is 32.1. The van der Waals surface area contributed by atoms with Crippen molar-refractivity contribution in [2.45, 2.75) is 33.4 Å². The number of thiophene rings is 1. The van der Waals surface area contributed by atoms with Crippen LogP contribution >= 0.6 is 11.3 Å². The average molecular weight is 449 g/mol. The molecule has 0 amide bonds. The molecular weight excluding hydrogens is 424 g/mol. The summed E-state index contributed by atoms with van der Waals surface area (Å²) in [4.78, 5) is 31.0. The number of ether oxygens (including phenoxy) is 2. The van der Waals surface area contributed by atoms with Gasteiger partial charge in [0.05, 0.1) is 18.3 Å². The second-order valence-corrected chi connectivity index (χ2v) is 8.56. The minimum Gasteiger partial charge on any atom is -0.494 e. The molecule has 7 heteroatoms. The van der Waals surface area contributed by atoms with Crippen molar-refractivity contribution in [2.75, 3.05) is 6.61 Å². The van der Waals surface area contributed by atoms with Gasteiger partial charge >= 0.3 is 5.97 Å². The molecule has 4 aromatic rings. The molecule has 0 aliphatic carbocycles. The van der Waals surface area contributed by atoms with Crippen LogP contribution in [0.1, 0.15) is 32.8 Å². The fourth-order valence-corrected chi connectivity index (χ4v) is 4.39. The summed E-state index contributed by atoms with van der Waals surface area (Å²) >= 11 is 1.19. The predicted molar refractivity (Wildman–Crippen MR) is 125 cm³/mol. The van der Waals surface area contributed by atoms with Gasteiger partial charge in [-0.1, -0.05) is 48.0 Å². The van der Waals surface area contributed by atoms with Crippen molar-refractivity contribution < 1.29 is 14.3 Å². The molecular formula is C25H24N2O4S. The number of fused-ring (bicyclic) bond motifs is 1. The van der Waals surface area contributed by atoms with Crippen LogP contribution in [-0.4, -0.2) is 22.1 Å². The highest BCUT2D eigenvalue weighted by Crippen LogP contribution is 2.27. The second kappa shape index (κ2) is 9.78. The van der Waals surface area contributed by atoms with Crippen LogP contribution in [0.25, 0.3) is 10.2 Å². The molecule has 164 valence electrons. The maximum Gasteiger partial charge on any atom is 0.349 e. The molecule has 0 saturated heterocycles. The lowest BCUT2D eigenvalue weighted by atomic mass is 10.2. The summed E-state index contributed by atoms with van der Waals surface area (Å²) in [6.45, 7) is 4.96. The number of rotatable bonds is 8. The van der Waals surface area contributed by atoms with Gasteiger partial charge in [-0.3, -0.25) is 9.36 Å². The van der Waals surface area contributed by atoms with Crippen molar-refractivity contribution in [3.8, 4) is 5.75 Å². The minimum absolute atomic E-state index is 0.152. The fraction of sp³-hybridized carbons (Fsp3) is 0.240. The van der Waals surface area contributed by atoms with E-state index < -0.39 is 5.97 Å².